The van der Waals surface area contributed by atoms with Gasteiger partial charge in [-0.15, -0.1) is 0 Å². The molecule has 0 saturated heterocycles. The van der Waals surface area contributed by atoms with Crippen LogP contribution in [-0.4, -0.2) is 0 Å². The summed E-state index contributed by atoms with van der Waals surface area (Å²) in [7, 11) is 0. The van der Waals surface area contributed by atoms with E-state index in [1.54, 1.807) is 6.08 Å². The summed E-state index contributed by atoms with van der Waals surface area (Å²) >= 11 is 0. The van der Waals surface area contributed by atoms with E-state index in [-0.39, 0.29) is 23.6 Å². The van der Waals surface area contributed by atoms with E-state index in [9.17, 15) is 39.5 Å². The van der Waals surface area contributed by atoms with Gasteiger partial charge in [0.1, 0.15) is 17.2 Å². The third kappa shape index (κ3) is 5.83. The first-order chi connectivity index (χ1) is 15.3. The highest BCUT2D eigenvalue weighted by atomic mass is 19.4. The summed E-state index contributed by atoms with van der Waals surface area (Å²) in [4.78, 5) is 0. The summed E-state index contributed by atoms with van der Waals surface area (Å²) in [6, 6.07) is 0.877. The van der Waals surface area contributed by atoms with Gasteiger partial charge < -0.3 is 4.74 Å². The van der Waals surface area contributed by atoms with Gasteiger partial charge in [0.05, 0.1) is 5.56 Å². The molecule has 1 saturated carbocycles. The first kappa shape index (κ1) is 25.0. The molecule has 0 atom stereocenters. The van der Waals surface area contributed by atoms with Crippen LogP contribution in [0.5, 0.6) is 5.75 Å². The van der Waals surface area contributed by atoms with Crippen LogP contribution in [0.25, 0.3) is 6.08 Å². The van der Waals surface area contributed by atoms with E-state index in [0.717, 1.165) is 37.8 Å². The van der Waals surface area contributed by atoms with Crippen molar-refractivity contribution in [3.63, 3.8) is 0 Å². The highest BCUT2D eigenvalue weighted by Gasteiger charge is 2.43. The Bertz CT molecular complexity index is 989. The van der Waals surface area contributed by atoms with Gasteiger partial charge in [0.25, 0.3) is 0 Å². The molecule has 2 aromatic rings. The molecule has 2 aromatic carbocycles. The molecule has 33 heavy (non-hydrogen) atoms. The Morgan fingerprint density at radius 3 is 1.79 bits per heavy atom. The summed E-state index contributed by atoms with van der Waals surface area (Å²) in [6.07, 6.45) is -3.11. The summed E-state index contributed by atoms with van der Waals surface area (Å²) < 4.78 is 126. The number of rotatable bonds is 5. The van der Waals surface area contributed by atoms with Crippen LogP contribution in [0.4, 0.5) is 39.5 Å². The van der Waals surface area contributed by atoms with Gasteiger partial charge >= 0.3 is 12.3 Å². The lowest BCUT2D eigenvalue weighted by Gasteiger charge is -2.23. The zero-order valence-corrected chi connectivity index (χ0v) is 17.3. The number of halogens is 9. The predicted molar refractivity (Wildman–Crippen MR) is 102 cm³/mol. The van der Waals surface area contributed by atoms with Gasteiger partial charge in [0.15, 0.2) is 17.4 Å². The molecule has 0 amide bonds. The third-order valence-electron chi connectivity index (χ3n) is 5.53. The van der Waals surface area contributed by atoms with E-state index in [0.29, 0.717) is 5.92 Å². The molecule has 10 heteroatoms. The van der Waals surface area contributed by atoms with Gasteiger partial charge in [-0.1, -0.05) is 31.9 Å². The SMILES string of the molecule is CC1CCC(/C=C/c2cc(F)c(OC(F)(F)c3cc(F)c(C(F)(F)F)c(F)c3)c(F)c2)CC1. The van der Waals surface area contributed by atoms with Crippen LogP contribution in [0, 0.1) is 35.1 Å². The molecule has 0 heterocycles. The molecule has 180 valence electrons. The van der Waals surface area contributed by atoms with Crippen molar-refractivity contribution in [2.75, 3.05) is 0 Å². The smallest absolute Gasteiger partial charge is 0.423 e. The van der Waals surface area contributed by atoms with Crippen molar-refractivity contribution in [3.8, 4) is 5.75 Å². The lowest BCUT2D eigenvalue weighted by molar-refractivity contribution is -0.189. The Labute approximate surface area is 183 Å². The second-order valence-electron chi connectivity index (χ2n) is 8.12. The van der Waals surface area contributed by atoms with Crippen molar-refractivity contribution in [3.05, 3.63) is 70.3 Å². The number of hydrogen-bond donors (Lipinski definition) is 0. The predicted octanol–water partition coefficient (Wildman–Crippen LogP) is 8.23. The van der Waals surface area contributed by atoms with E-state index in [1.165, 1.54) is 6.08 Å². The summed E-state index contributed by atoms with van der Waals surface area (Å²) in [5, 5.41) is 0. The molecule has 0 spiro atoms. The fourth-order valence-electron chi connectivity index (χ4n) is 3.70. The van der Waals surface area contributed by atoms with Crippen molar-refractivity contribution in [2.45, 2.75) is 44.9 Å². The monoisotopic (exact) mass is 482 g/mol. The molecule has 0 aliphatic heterocycles. The van der Waals surface area contributed by atoms with Crippen LogP contribution >= 0.6 is 0 Å². The summed E-state index contributed by atoms with van der Waals surface area (Å²) in [6.45, 7) is 2.13. The highest BCUT2D eigenvalue weighted by molar-refractivity contribution is 5.52. The fraction of sp³-hybridized carbons (Fsp3) is 0.391. The van der Waals surface area contributed by atoms with Gasteiger partial charge in [-0.25, -0.2) is 17.6 Å². The molecule has 1 fully saturated rings. The number of allylic oxidation sites excluding steroid dienone is 1. The van der Waals surface area contributed by atoms with E-state index in [2.05, 4.69) is 11.7 Å². The third-order valence-corrected chi connectivity index (χ3v) is 5.53. The van der Waals surface area contributed by atoms with Crippen LogP contribution < -0.4 is 4.74 Å². The van der Waals surface area contributed by atoms with E-state index in [4.69, 9.17) is 0 Å². The molecular formula is C23H19F9O. The Morgan fingerprint density at radius 1 is 0.788 bits per heavy atom. The minimum absolute atomic E-state index is 0.0471. The van der Waals surface area contributed by atoms with E-state index in [1.807, 2.05) is 0 Å². The van der Waals surface area contributed by atoms with Gasteiger partial charge in [0, 0.05) is 0 Å². The maximum Gasteiger partial charge on any atom is 0.427 e. The zero-order valence-electron chi connectivity index (χ0n) is 17.3. The Morgan fingerprint density at radius 2 is 1.30 bits per heavy atom. The first-order valence-electron chi connectivity index (χ1n) is 10.1. The Hall–Kier alpha value is -2.65. The number of hydrogen-bond acceptors (Lipinski definition) is 1. The molecule has 0 N–H and O–H groups in total. The van der Waals surface area contributed by atoms with Crippen LogP contribution in [0.15, 0.2) is 30.3 Å². The van der Waals surface area contributed by atoms with Crippen LogP contribution in [0.1, 0.15) is 49.3 Å². The second-order valence-corrected chi connectivity index (χ2v) is 8.12. The Balaban J connectivity index is 1.82. The quantitative estimate of drug-likeness (QED) is 0.390. The molecule has 0 radical (unpaired) electrons. The van der Waals surface area contributed by atoms with Gasteiger partial charge in [-0.3, -0.25) is 0 Å². The Kier molecular flexibility index (Phi) is 7.04. The molecule has 0 bridgehead atoms. The minimum atomic E-state index is -5.47. The minimum Gasteiger partial charge on any atom is -0.423 e. The molecular weight excluding hydrogens is 463 g/mol. The molecule has 1 nitrogen and oxygen atoms in total. The molecule has 0 unspecified atom stereocenters. The van der Waals surface area contributed by atoms with Crippen molar-refractivity contribution in [2.24, 2.45) is 11.8 Å². The topological polar surface area (TPSA) is 9.23 Å². The van der Waals surface area contributed by atoms with Crippen LogP contribution in [0.3, 0.4) is 0 Å². The lowest BCUT2D eigenvalue weighted by atomic mass is 9.83. The molecule has 0 aromatic heterocycles. The van der Waals surface area contributed by atoms with Crippen molar-refractivity contribution >= 4 is 6.08 Å². The average Bonchev–Trinajstić information content (AvgIpc) is 2.68. The molecule has 1 aliphatic carbocycles. The lowest BCUT2D eigenvalue weighted by Crippen LogP contribution is -2.24. The van der Waals surface area contributed by atoms with Crippen molar-refractivity contribution in [1.29, 1.82) is 0 Å². The van der Waals surface area contributed by atoms with Crippen molar-refractivity contribution in [1.82, 2.24) is 0 Å². The maximum atomic E-state index is 14.3. The van der Waals surface area contributed by atoms with Crippen LogP contribution in [0.2, 0.25) is 0 Å². The first-order valence-corrected chi connectivity index (χ1v) is 10.1. The normalized spacial score (nSPS) is 19.8. The van der Waals surface area contributed by atoms with Gasteiger partial charge in [-0.2, -0.15) is 22.0 Å². The van der Waals surface area contributed by atoms with E-state index < -0.39 is 52.4 Å². The van der Waals surface area contributed by atoms with Gasteiger partial charge in [0.2, 0.25) is 0 Å². The second kappa shape index (κ2) is 9.30. The summed E-state index contributed by atoms with van der Waals surface area (Å²) in [5.41, 5.74) is -4.01. The number of benzene rings is 2. The standard InChI is InChI=1S/C23H19F9O/c1-12-2-4-13(5-3-12)6-7-14-8-18(26)21(19(27)9-14)33-23(31,32)15-10-16(24)20(17(25)11-15)22(28,29)30/h6-13H,2-5H2,1H3/b7-6+. The number of alkyl halides is 5. The summed E-state index contributed by atoms with van der Waals surface area (Å²) in [5.74, 6) is -8.38. The number of ether oxygens (including phenoxy) is 1. The largest absolute Gasteiger partial charge is 0.427 e. The molecule has 3 rings (SSSR count). The van der Waals surface area contributed by atoms with E-state index >= 15 is 0 Å². The maximum absolute atomic E-state index is 14.3. The van der Waals surface area contributed by atoms with Gasteiger partial charge in [-0.05, 0) is 54.5 Å². The van der Waals surface area contributed by atoms with Crippen molar-refractivity contribution < 1.29 is 44.3 Å². The molecule has 1 aliphatic rings. The zero-order chi connectivity index (χ0) is 24.6. The van der Waals surface area contributed by atoms with Crippen LogP contribution in [-0.2, 0) is 12.3 Å². The highest BCUT2D eigenvalue weighted by Crippen LogP contribution is 2.39. The fourth-order valence-corrected chi connectivity index (χ4v) is 3.70. The average molecular weight is 482 g/mol.